The SMILES string of the molecule is CCC(CC(=O)c1cc(Br)cc(C(=O)CC(CO[Si](C(C)C)(C(C)C)C(C)C)c2nc(C(=O)OC)co2)n1)c1nc(C)co1. The lowest BCUT2D eigenvalue weighted by molar-refractivity contribution is 0.0593. The van der Waals surface area contributed by atoms with Crippen molar-refractivity contribution in [1.29, 1.82) is 0 Å². The predicted molar refractivity (Wildman–Crippen MR) is 172 cm³/mol. The van der Waals surface area contributed by atoms with Gasteiger partial charge >= 0.3 is 5.97 Å². The predicted octanol–water partition coefficient (Wildman–Crippen LogP) is 8.23. The summed E-state index contributed by atoms with van der Waals surface area (Å²) in [6.45, 7) is 17.1. The number of rotatable bonds is 16. The number of halogens is 1. The number of oxazole rings is 2. The zero-order valence-electron chi connectivity index (χ0n) is 27.1. The number of carbonyl (C=O) groups is 3. The van der Waals surface area contributed by atoms with Gasteiger partial charge in [-0.15, -0.1) is 0 Å². The summed E-state index contributed by atoms with van der Waals surface area (Å²) in [5, 5.41) is 0. The van der Waals surface area contributed by atoms with Gasteiger partial charge in [0.15, 0.2) is 31.5 Å². The zero-order chi connectivity index (χ0) is 32.8. The van der Waals surface area contributed by atoms with E-state index in [2.05, 4.69) is 72.4 Å². The highest BCUT2D eigenvalue weighted by molar-refractivity contribution is 9.10. The van der Waals surface area contributed by atoms with Crippen molar-refractivity contribution in [2.45, 2.75) is 103 Å². The fourth-order valence-corrected chi connectivity index (χ4v) is 12.0. The molecule has 0 aliphatic rings. The Hall–Kier alpha value is -2.96. The number of ether oxygens (including phenoxy) is 1. The van der Waals surface area contributed by atoms with Crippen LogP contribution in [0.2, 0.25) is 16.6 Å². The van der Waals surface area contributed by atoms with Crippen LogP contribution in [-0.4, -0.2) is 54.5 Å². The van der Waals surface area contributed by atoms with Gasteiger partial charge in [0.05, 0.1) is 18.7 Å². The average Bonchev–Trinajstić information content (AvgIpc) is 3.63. The number of esters is 1. The van der Waals surface area contributed by atoms with Gasteiger partial charge in [-0.1, -0.05) is 64.4 Å². The molecular weight excluding hydrogens is 646 g/mol. The van der Waals surface area contributed by atoms with E-state index in [1.807, 2.05) is 13.8 Å². The molecule has 2 unspecified atom stereocenters. The van der Waals surface area contributed by atoms with E-state index >= 15 is 0 Å². The quantitative estimate of drug-likeness (QED) is 0.0822. The van der Waals surface area contributed by atoms with Crippen LogP contribution in [0.1, 0.15) is 129 Å². The van der Waals surface area contributed by atoms with Gasteiger partial charge in [0.1, 0.15) is 23.9 Å². The maximum atomic E-state index is 13.8. The maximum Gasteiger partial charge on any atom is 0.360 e. The van der Waals surface area contributed by atoms with E-state index in [1.165, 1.54) is 13.4 Å². The summed E-state index contributed by atoms with van der Waals surface area (Å²) < 4.78 is 23.4. The highest BCUT2D eigenvalue weighted by Gasteiger charge is 2.45. The molecule has 3 rings (SSSR count). The minimum Gasteiger partial charge on any atom is -0.464 e. The molecule has 0 N–H and O–H groups in total. The third-order valence-electron chi connectivity index (χ3n) is 8.21. The molecule has 2 atom stereocenters. The fraction of sp³-hybridized carbons (Fsp3) is 0.562. The normalized spacial score (nSPS) is 13.5. The number of Topliss-reactive ketones (excluding diaryl/α,β-unsaturated/α-hetero) is 2. The minimum absolute atomic E-state index is 0.0141. The first kappa shape index (κ1) is 35.5. The Morgan fingerprint density at radius 3 is 1.82 bits per heavy atom. The molecule has 0 radical (unpaired) electrons. The number of pyridine rings is 1. The van der Waals surface area contributed by atoms with Crippen molar-refractivity contribution in [3.8, 4) is 0 Å². The summed E-state index contributed by atoms with van der Waals surface area (Å²) >= 11 is 3.45. The number of nitrogens with zero attached hydrogens (tertiary/aromatic N) is 3. The first-order valence-electron chi connectivity index (χ1n) is 15.1. The molecule has 0 amide bonds. The Balaban J connectivity index is 1.90. The molecule has 0 saturated heterocycles. The van der Waals surface area contributed by atoms with E-state index in [4.69, 9.17) is 18.0 Å². The van der Waals surface area contributed by atoms with Gasteiger partial charge in [0.2, 0.25) is 5.89 Å². The van der Waals surface area contributed by atoms with Gasteiger partial charge < -0.3 is 18.0 Å². The topological polar surface area (TPSA) is 135 Å². The molecule has 3 heterocycles. The van der Waals surface area contributed by atoms with Crippen molar-refractivity contribution in [3.63, 3.8) is 0 Å². The summed E-state index contributed by atoms with van der Waals surface area (Å²) in [5.41, 5.74) is 2.03. The molecule has 12 heteroatoms. The van der Waals surface area contributed by atoms with Crippen molar-refractivity contribution in [3.05, 3.63) is 63.7 Å². The van der Waals surface area contributed by atoms with E-state index in [0.29, 0.717) is 33.4 Å². The third kappa shape index (κ3) is 8.19. The molecule has 0 bridgehead atoms. The Morgan fingerprint density at radius 2 is 1.34 bits per heavy atom. The number of carbonyl (C=O) groups excluding carboxylic acids is 3. The molecule has 0 aromatic carbocycles. The molecule has 0 aliphatic carbocycles. The molecule has 240 valence electrons. The Morgan fingerprint density at radius 1 is 0.818 bits per heavy atom. The van der Waals surface area contributed by atoms with Crippen LogP contribution in [0.4, 0.5) is 0 Å². The average molecular weight is 691 g/mol. The lowest BCUT2D eigenvalue weighted by Gasteiger charge is -2.42. The highest BCUT2D eigenvalue weighted by atomic mass is 79.9. The van der Waals surface area contributed by atoms with E-state index in [1.54, 1.807) is 18.4 Å². The van der Waals surface area contributed by atoms with Crippen LogP contribution in [0.3, 0.4) is 0 Å². The maximum absolute atomic E-state index is 13.8. The van der Waals surface area contributed by atoms with Crippen LogP contribution < -0.4 is 0 Å². The van der Waals surface area contributed by atoms with Crippen molar-refractivity contribution in [2.75, 3.05) is 13.7 Å². The van der Waals surface area contributed by atoms with E-state index in [9.17, 15) is 14.4 Å². The largest absolute Gasteiger partial charge is 0.464 e. The smallest absolute Gasteiger partial charge is 0.360 e. The second-order valence-electron chi connectivity index (χ2n) is 12.1. The van der Waals surface area contributed by atoms with Crippen molar-refractivity contribution < 1.29 is 32.4 Å². The summed E-state index contributed by atoms with van der Waals surface area (Å²) in [6, 6.07) is 3.20. The number of aryl methyl sites for hydroxylation is 1. The molecule has 10 nitrogen and oxygen atoms in total. The van der Waals surface area contributed by atoms with Gasteiger partial charge in [-0.2, -0.15) is 0 Å². The van der Waals surface area contributed by atoms with Crippen LogP contribution in [0.15, 0.2) is 38.0 Å². The van der Waals surface area contributed by atoms with Gasteiger partial charge in [-0.25, -0.2) is 19.7 Å². The van der Waals surface area contributed by atoms with Gasteiger partial charge in [-0.3, -0.25) is 9.59 Å². The van der Waals surface area contributed by atoms with E-state index in [-0.39, 0.29) is 59.9 Å². The third-order valence-corrected chi connectivity index (χ3v) is 14.7. The standard InChI is InChI=1S/C32H44BrN3O7Si/c1-10-22(30-34-21(8)15-41-30)11-28(37)25-13-24(33)14-26(35-25)29(38)12-23(31-36-27(17-42-31)32(39)40-9)16-43-44(18(2)3,19(4)5)20(6)7/h13-15,17-20,22-23H,10-12,16H2,1-9H3. The molecule has 3 aromatic rings. The van der Waals surface area contributed by atoms with E-state index in [0.717, 1.165) is 5.69 Å². The van der Waals surface area contributed by atoms with Crippen LogP contribution >= 0.6 is 15.9 Å². The number of hydrogen-bond acceptors (Lipinski definition) is 10. The molecule has 44 heavy (non-hydrogen) atoms. The van der Waals surface area contributed by atoms with Gasteiger partial charge in [0.25, 0.3) is 0 Å². The van der Waals surface area contributed by atoms with Gasteiger partial charge in [0, 0.05) is 29.8 Å². The fourth-order valence-electron chi connectivity index (χ4n) is 6.04. The van der Waals surface area contributed by atoms with Crippen LogP contribution in [0.25, 0.3) is 0 Å². The first-order chi connectivity index (χ1) is 20.7. The lowest BCUT2D eigenvalue weighted by atomic mass is 9.97. The Bertz CT molecular complexity index is 1430. The van der Waals surface area contributed by atoms with Crippen molar-refractivity contribution in [1.82, 2.24) is 15.0 Å². The lowest BCUT2D eigenvalue weighted by Crippen LogP contribution is -2.48. The zero-order valence-corrected chi connectivity index (χ0v) is 29.7. The summed E-state index contributed by atoms with van der Waals surface area (Å²) in [4.78, 5) is 52.4. The Kier molecular flexibility index (Phi) is 12.4. The minimum atomic E-state index is -2.31. The molecule has 3 aromatic heterocycles. The molecular formula is C32H44BrN3O7Si. The molecule has 0 fully saturated rings. The molecule has 0 aliphatic heterocycles. The summed E-state index contributed by atoms with van der Waals surface area (Å²) in [5.74, 6) is -1.26. The molecule has 0 spiro atoms. The number of methoxy groups -OCH3 is 1. The number of ketones is 2. The van der Waals surface area contributed by atoms with E-state index < -0.39 is 20.2 Å². The summed E-state index contributed by atoms with van der Waals surface area (Å²) in [7, 11) is -1.04. The van der Waals surface area contributed by atoms with Crippen molar-refractivity contribution in [2.24, 2.45) is 0 Å². The number of aromatic nitrogens is 3. The van der Waals surface area contributed by atoms with Crippen LogP contribution in [0.5, 0.6) is 0 Å². The highest BCUT2D eigenvalue weighted by Crippen LogP contribution is 2.43. The van der Waals surface area contributed by atoms with Crippen LogP contribution in [0, 0.1) is 6.92 Å². The number of hydrogen-bond donors (Lipinski definition) is 0. The van der Waals surface area contributed by atoms with Crippen LogP contribution in [-0.2, 0) is 9.16 Å². The second-order valence-corrected chi connectivity index (χ2v) is 18.5. The molecule has 0 saturated carbocycles. The summed E-state index contributed by atoms with van der Waals surface area (Å²) in [6.07, 6.45) is 3.54. The monoisotopic (exact) mass is 689 g/mol. The first-order valence-corrected chi connectivity index (χ1v) is 18.0. The van der Waals surface area contributed by atoms with Gasteiger partial charge in [-0.05, 0) is 42.1 Å². The second kappa shape index (κ2) is 15.4. The Labute approximate surface area is 269 Å². The van der Waals surface area contributed by atoms with Crippen molar-refractivity contribution >= 4 is 41.8 Å².